The Morgan fingerprint density at radius 1 is 1.14 bits per heavy atom. The monoisotopic (exact) mass is 381 g/mol. The molecule has 3 unspecified atom stereocenters. The summed E-state index contributed by atoms with van der Waals surface area (Å²) in [6, 6.07) is 7.46. The third-order valence-electron chi connectivity index (χ3n) is 7.44. The molecule has 28 heavy (non-hydrogen) atoms. The van der Waals surface area contributed by atoms with Gasteiger partial charge in [-0.3, -0.25) is 4.90 Å². The molecule has 1 fully saturated rings. The number of methoxy groups -OCH3 is 2. The van der Waals surface area contributed by atoms with E-state index in [1.807, 2.05) is 0 Å². The van der Waals surface area contributed by atoms with Crippen LogP contribution in [-0.2, 0) is 11.2 Å². The van der Waals surface area contributed by atoms with Crippen LogP contribution in [0.5, 0.6) is 5.75 Å². The summed E-state index contributed by atoms with van der Waals surface area (Å²) in [6.07, 6.45) is 9.83. The van der Waals surface area contributed by atoms with Crippen LogP contribution >= 0.6 is 0 Å². The van der Waals surface area contributed by atoms with Gasteiger partial charge in [-0.05, 0) is 60.1 Å². The summed E-state index contributed by atoms with van der Waals surface area (Å²) in [6.45, 7) is 1.09. The number of aliphatic hydroxyl groups is 1. The lowest BCUT2D eigenvalue weighted by atomic mass is 9.72. The Morgan fingerprint density at radius 3 is 2.71 bits per heavy atom. The third-order valence-corrected chi connectivity index (χ3v) is 7.44. The third kappa shape index (κ3) is 2.98. The van der Waals surface area contributed by atoms with Crippen molar-refractivity contribution in [2.45, 2.75) is 63.1 Å². The smallest absolute Gasteiger partial charge is 0.125 e. The molecular formula is C24H31NO3. The molecular weight excluding hydrogens is 350 g/mol. The number of hydrogen-bond donors (Lipinski definition) is 1. The Labute approximate surface area is 167 Å². The molecule has 2 aliphatic carbocycles. The first-order valence-corrected chi connectivity index (χ1v) is 10.8. The van der Waals surface area contributed by atoms with Gasteiger partial charge < -0.3 is 14.6 Å². The maximum atomic E-state index is 10.5. The Kier molecular flexibility index (Phi) is 4.72. The highest BCUT2D eigenvalue weighted by Gasteiger charge is 2.42. The van der Waals surface area contributed by atoms with Crippen LogP contribution < -0.4 is 4.74 Å². The van der Waals surface area contributed by atoms with Crippen LogP contribution in [0.15, 0.2) is 41.2 Å². The highest BCUT2D eigenvalue weighted by molar-refractivity contribution is 5.46. The van der Waals surface area contributed by atoms with E-state index in [2.05, 4.69) is 29.2 Å². The van der Waals surface area contributed by atoms with Crippen molar-refractivity contribution in [3.05, 3.63) is 52.3 Å². The zero-order chi connectivity index (χ0) is 19.3. The minimum atomic E-state index is -0.501. The topological polar surface area (TPSA) is 41.9 Å². The van der Waals surface area contributed by atoms with Gasteiger partial charge in [-0.1, -0.05) is 30.9 Å². The van der Waals surface area contributed by atoms with Gasteiger partial charge in [-0.15, -0.1) is 0 Å². The lowest BCUT2D eigenvalue weighted by Gasteiger charge is -2.50. The summed E-state index contributed by atoms with van der Waals surface area (Å²) in [5, 5.41) is 10.5. The zero-order valence-corrected chi connectivity index (χ0v) is 17.0. The van der Waals surface area contributed by atoms with Crippen LogP contribution in [0.4, 0.5) is 0 Å². The highest BCUT2D eigenvalue weighted by Crippen LogP contribution is 2.48. The van der Waals surface area contributed by atoms with E-state index < -0.39 is 6.10 Å². The maximum Gasteiger partial charge on any atom is 0.125 e. The van der Waals surface area contributed by atoms with Gasteiger partial charge in [0.2, 0.25) is 0 Å². The van der Waals surface area contributed by atoms with Crippen LogP contribution in [0.25, 0.3) is 0 Å². The van der Waals surface area contributed by atoms with Crippen molar-refractivity contribution in [1.29, 1.82) is 0 Å². The first kappa shape index (κ1) is 18.3. The molecule has 3 atom stereocenters. The lowest BCUT2D eigenvalue weighted by Crippen LogP contribution is -2.48. The van der Waals surface area contributed by atoms with E-state index in [4.69, 9.17) is 9.47 Å². The molecule has 4 heteroatoms. The first-order chi connectivity index (χ1) is 13.7. The lowest BCUT2D eigenvalue weighted by molar-refractivity contribution is 0.0832. The molecule has 4 aliphatic rings. The Balaban J connectivity index is 1.54. The van der Waals surface area contributed by atoms with Crippen molar-refractivity contribution in [2.75, 3.05) is 20.8 Å². The second kappa shape index (κ2) is 7.23. The van der Waals surface area contributed by atoms with Gasteiger partial charge >= 0.3 is 0 Å². The van der Waals surface area contributed by atoms with Gasteiger partial charge in [0, 0.05) is 25.0 Å². The van der Waals surface area contributed by atoms with E-state index in [0.29, 0.717) is 18.5 Å². The number of ether oxygens (including phenoxy) is 2. The number of benzene rings is 1. The van der Waals surface area contributed by atoms with Crippen molar-refractivity contribution in [3.8, 4) is 5.75 Å². The molecule has 5 rings (SSSR count). The van der Waals surface area contributed by atoms with Crippen molar-refractivity contribution in [3.63, 3.8) is 0 Å². The van der Waals surface area contributed by atoms with Crippen molar-refractivity contribution in [2.24, 2.45) is 5.92 Å². The molecule has 150 valence electrons. The molecule has 0 saturated heterocycles. The SMILES string of the molecule is COC1=CC2=C(CC1O)CC1c3ccc(OC)cc3CCN1C2CC1CCC1. The van der Waals surface area contributed by atoms with Gasteiger partial charge in [0.25, 0.3) is 0 Å². The fourth-order valence-corrected chi connectivity index (χ4v) is 5.68. The first-order valence-electron chi connectivity index (χ1n) is 10.8. The maximum absolute atomic E-state index is 10.5. The number of fused-ring (bicyclic) bond motifs is 3. The number of rotatable bonds is 4. The van der Waals surface area contributed by atoms with E-state index >= 15 is 0 Å². The Morgan fingerprint density at radius 2 is 2.00 bits per heavy atom. The molecule has 1 saturated carbocycles. The molecule has 1 aromatic carbocycles. The van der Waals surface area contributed by atoms with Gasteiger partial charge in [-0.2, -0.15) is 0 Å². The summed E-state index contributed by atoms with van der Waals surface area (Å²) >= 11 is 0. The summed E-state index contributed by atoms with van der Waals surface area (Å²) in [5.74, 6) is 2.54. The summed E-state index contributed by atoms with van der Waals surface area (Å²) in [5.41, 5.74) is 5.74. The molecule has 4 nitrogen and oxygen atoms in total. The van der Waals surface area contributed by atoms with Gasteiger partial charge in [0.05, 0.1) is 14.2 Å². The molecule has 2 aliphatic heterocycles. The molecule has 0 amide bonds. The summed E-state index contributed by atoms with van der Waals surface area (Å²) in [4.78, 5) is 2.74. The molecule has 0 spiro atoms. The molecule has 1 aromatic rings. The fourth-order valence-electron chi connectivity index (χ4n) is 5.68. The van der Waals surface area contributed by atoms with E-state index in [1.165, 1.54) is 48.0 Å². The average molecular weight is 382 g/mol. The van der Waals surface area contributed by atoms with E-state index in [9.17, 15) is 5.11 Å². The Bertz CT molecular complexity index is 823. The number of hydrogen-bond acceptors (Lipinski definition) is 4. The highest BCUT2D eigenvalue weighted by atomic mass is 16.5. The van der Waals surface area contributed by atoms with Gasteiger partial charge in [0.15, 0.2) is 0 Å². The quantitative estimate of drug-likeness (QED) is 0.851. The van der Waals surface area contributed by atoms with E-state index in [0.717, 1.165) is 36.8 Å². The fraction of sp³-hybridized carbons (Fsp3) is 0.583. The largest absolute Gasteiger partial charge is 0.498 e. The normalized spacial score (nSPS) is 30.0. The van der Waals surface area contributed by atoms with Crippen LogP contribution in [-0.4, -0.2) is 42.9 Å². The van der Waals surface area contributed by atoms with Crippen LogP contribution in [0.1, 0.15) is 55.7 Å². The molecule has 1 N–H and O–H groups in total. The molecule has 0 radical (unpaired) electrons. The van der Waals surface area contributed by atoms with Crippen molar-refractivity contribution in [1.82, 2.24) is 4.90 Å². The van der Waals surface area contributed by atoms with Gasteiger partial charge in [-0.25, -0.2) is 0 Å². The second-order valence-corrected chi connectivity index (χ2v) is 8.85. The average Bonchev–Trinajstić information content (AvgIpc) is 2.68. The Hall–Kier alpha value is -1.78. The van der Waals surface area contributed by atoms with Crippen molar-refractivity contribution < 1.29 is 14.6 Å². The standard InChI is InChI=1S/C24H31NO3/c1-27-18-6-7-19-16(11-18)8-9-25-21(10-15-4-3-5-15)20-14-24(28-2)23(26)13-17(20)12-22(19)25/h6-7,11,14-15,21-23,26H,3-5,8-10,12-13H2,1-2H3. The van der Waals surface area contributed by atoms with E-state index in [-0.39, 0.29) is 0 Å². The molecule has 2 heterocycles. The predicted molar refractivity (Wildman–Crippen MR) is 109 cm³/mol. The summed E-state index contributed by atoms with van der Waals surface area (Å²) in [7, 11) is 3.42. The van der Waals surface area contributed by atoms with Crippen LogP contribution in [0.2, 0.25) is 0 Å². The molecule has 0 aromatic heterocycles. The molecule has 0 bridgehead atoms. The van der Waals surface area contributed by atoms with Crippen molar-refractivity contribution >= 4 is 0 Å². The zero-order valence-electron chi connectivity index (χ0n) is 17.0. The van der Waals surface area contributed by atoms with Crippen LogP contribution in [0.3, 0.4) is 0 Å². The minimum absolute atomic E-state index is 0.420. The number of nitrogens with zero attached hydrogens (tertiary/aromatic N) is 1. The minimum Gasteiger partial charge on any atom is -0.498 e. The van der Waals surface area contributed by atoms with Gasteiger partial charge in [0.1, 0.15) is 17.6 Å². The number of aliphatic hydroxyl groups excluding tert-OH is 1. The van der Waals surface area contributed by atoms with E-state index in [1.54, 1.807) is 14.2 Å². The summed E-state index contributed by atoms with van der Waals surface area (Å²) < 4.78 is 11.0. The second-order valence-electron chi connectivity index (χ2n) is 8.85. The predicted octanol–water partition coefficient (Wildman–Crippen LogP) is 4.15. The van der Waals surface area contributed by atoms with Crippen LogP contribution in [0, 0.1) is 5.92 Å².